The summed E-state index contributed by atoms with van der Waals surface area (Å²) in [6.07, 6.45) is -8.33. The van der Waals surface area contributed by atoms with Gasteiger partial charge in [0.2, 0.25) is 29.7 Å². The Morgan fingerprint density at radius 1 is 0.710 bits per heavy atom. The Bertz CT molecular complexity index is 3920. The van der Waals surface area contributed by atoms with Crippen LogP contribution in [0.3, 0.4) is 0 Å². The van der Waals surface area contributed by atoms with E-state index in [1.807, 2.05) is 37.3 Å². The van der Waals surface area contributed by atoms with Crippen molar-refractivity contribution in [2.75, 3.05) is 19.8 Å². The molecule has 5 aromatic rings. The summed E-state index contributed by atoms with van der Waals surface area (Å²) in [5.41, 5.74) is 6.61. The smallest absolute Gasteiger partial charge is 0.350 e. The predicted molar refractivity (Wildman–Crippen MR) is 365 cm³/mol. The number of nitrogens with two attached hydrogens (primary N) is 2. The topological polar surface area (TPSA) is 375 Å². The largest absolute Gasteiger partial charge is 0.483 e. The second-order valence-electron chi connectivity index (χ2n) is 27.7. The molecule has 3 fully saturated rings. The Balaban J connectivity index is 0.839. The van der Waals surface area contributed by atoms with Crippen molar-refractivity contribution in [1.29, 1.82) is 0 Å². The number of hydrogen-bond donors (Lipinski definition) is 8. The van der Waals surface area contributed by atoms with Gasteiger partial charge in [0.1, 0.15) is 41.4 Å². The molecule has 0 radical (unpaired) electrons. The fourth-order valence-corrected chi connectivity index (χ4v) is 15.2. The molecule has 6 amide bonds. The molecular formula is C76H90N6O18. The molecule has 4 aliphatic rings. The van der Waals surface area contributed by atoms with E-state index in [0.717, 1.165) is 10.8 Å². The number of hydrogen-bond acceptors (Lipinski definition) is 18. The first-order chi connectivity index (χ1) is 47.5. The number of ether oxygens (including phenoxy) is 5. The number of nitrogens with one attached hydrogen (secondary N) is 4. The van der Waals surface area contributed by atoms with Gasteiger partial charge in [-0.2, -0.15) is 0 Å². The molecule has 0 spiro atoms. The zero-order valence-corrected chi connectivity index (χ0v) is 57.3. The summed E-state index contributed by atoms with van der Waals surface area (Å²) in [5.74, 6) is -10.8. The molecule has 2 saturated carbocycles. The summed E-state index contributed by atoms with van der Waals surface area (Å²) in [7, 11) is 0. The maximum absolute atomic E-state index is 15.5. The third-order valence-corrected chi connectivity index (χ3v) is 20.9. The molecule has 1 saturated heterocycles. The Morgan fingerprint density at radius 2 is 1.35 bits per heavy atom. The Morgan fingerprint density at radius 3 is 2.00 bits per heavy atom. The van der Waals surface area contributed by atoms with Crippen LogP contribution in [0.15, 0.2) is 145 Å². The highest BCUT2D eigenvalue weighted by atomic mass is 16.6. The van der Waals surface area contributed by atoms with Gasteiger partial charge in [0, 0.05) is 78.2 Å². The van der Waals surface area contributed by atoms with Crippen molar-refractivity contribution in [2.45, 2.75) is 167 Å². The number of Topliss-reactive ketones (excluding diaryl/α,β-unsaturated/α-hetero) is 2. The normalized spacial score (nSPS) is 24.9. The molecule has 1 aliphatic heterocycles. The molecule has 0 aromatic heterocycles. The second-order valence-corrected chi connectivity index (χ2v) is 27.7. The van der Waals surface area contributed by atoms with Crippen LogP contribution < -0.4 is 37.5 Å². The number of amides is 6. The van der Waals surface area contributed by atoms with Gasteiger partial charge in [-0.3, -0.25) is 43.2 Å². The highest BCUT2D eigenvalue weighted by Crippen LogP contribution is 2.66. The van der Waals surface area contributed by atoms with E-state index in [1.54, 1.807) is 138 Å². The quantitative estimate of drug-likeness (QED) is 0.0108. The van der Waals surface area contributed by atoms with Crippen molar-refractivity contribution >= 4 is 75.7 Å². The fourth-order valence-electron chi connectivity index (χ4n) is 15.2. The van der Waals surface area contributed by atoms with E-state index < -0.39 is 167 Å². The maximum atomic E-state index is 15.5. The van der Waals surface area contributed by atoms with E-state index in [9.17, 15) is 53.4 Å². The summed E-state index contributed by atoms with van der Waals surface area (Å²) in [4.78, 5) is 151. The monoisotopic (exact) mass is 1370 g/mol. The van der Waals surface area contributed by atoms with Crippen molar-refractivity contribution in [3.63, 3.8) is 0 Å². The number of fused-ring (bicyclic) bond motifs is 6. The summed E-state index contributed by atoms with van der Waals surface area (Å²) < 4.78 is 30.9. The van der Waals surface area contributed by atoms with E-state index in [1.165, 1.54) is 6.92 Å². The summed E-state index contributed by atoms with van der Waals surface area (Å²) in [5, 5.41) is 38.5. The van der Waals surface area contributed by atoms with Gasteiger partial charge in [-0.25, -0.2) is 9.59 Å². The average Bonchev–Trinajstić information content (AvgIpc) is 0.673. The molecule has 9 rings (SSSR count). The number of esters is 3. The zero-order chi connectivity index (χ0) is 72.4. The van der Waals surface area contributed by atoms with Gasteiger partial charge in [-0.15, -0.1) is 0 Å². The Hall–Kier alpha value is -9.65. The molecule has 14 atom stereocenters. The number of primary amides is 2. The summed E-state index contributed by atoms with van der Waals surface area (Å²) in [6.45, 7) is 11.6. The predicted octanol–water partition coefficient (Wildman–Crippen LogP) is 6.31. The van der Waals surface area contributed by atoms with Gasteiger partial charge in [-0.1, -0.05) is 131 Å². The molecule has 5 aromatic carbocycles. The molecule has 10 N–H and O–H groups in total. The first kappa shape index (κ1) is 74.6. The first-order valence-corrected chi connectivity index (χ1v) is 33.9. The Labute approximate surface area is 580 Å². The number of aliphatic hydroxyl groups is 2. The van der Waals surface area contributed by atoms with Crippen molar-refractivity contribution in [2.24, 2.45) is 45.5 Å². The molecular weight excluding hydrogens is 1280 g/mol. The molecule has 2 unspecified atom stereocenters. The minimum absolute atomic E-state index is 0.0522. The van der Waals surface area contributed by atoms with Crippen LogP contribution in [-0.2, 0) is 62.1 Å². The Kier molecular flexibility index (Phi) is 23.6. The number of carbonyl (C=O) groups excluding carboxylic acids is 11. The number of rotatable bonds is 30. The summed E-state index contributed by atoms with van der Waals surface area (Å²) >= 11 is 0. The molecule has 532 valence electrons. The standard InChI is InChI=1S/C76H90N6O18/c1-43-55(40-76(95)67(100-71(93)49-27-15-10-16-28-49)65-74(6)42-97-57(74)39-56(84)75(65,7)66(89)44(2)62(43)73(76,4)5)98-72(94)64(63(47-23-11-8-12-24-47)82-70(92)48-25-13-9-14-26-48)99-61(88)36-35-58(85)79-37-20-19-31-52(69(78)91)81-59(86)34-33-50(68(77)90)38-53(83)45(3)80-60(87)41-96-54-32-21-29-46-22-17-18-30-51(46)54/h8-18,21-30,32,44-45,50,52,55-57,63-65,67,84,95H,19-20,31,33-42H2,1-7H3,(H2,77,90)(H2,78,91)(H,79,85)(H,80,87)(H,81,86)(H,82,92)/t44-,45?,50-,52?,55+,56+,57-,63+,64-,65-,67+,74-,75-,76-/m1/s1. The van der Waals surface area contributed by atoms with Gasteiger partial charge in [0.15, 0.2) is 12.4 Å². The lowest BCUT2D eigenvalue weighted by molar-refractivity contribution is -0.312. The second kappa shape index (κ2) is 31.7. The third kappa shape index (κ3) is 16.1. The number of ketones is 2. The van der Waals surface area contributed by atoms with E-state index in [-0.39, 0.29) is 81.6 Å². The minimum Gasteiger partial charge on any atom is -0.483 e. The van der Waals surface area contributed by atoms with E-state index in [0.29, 0.717) is 22.5 Å². The van der Waals surface area contributed by atoms with Gasteiger partial charge >= 0.3 is 17.9 Å². The van der Waals surface area contributed by atoms with Crippen LogP contribution in [0.5, 0.6) is 5.75 Å². The van der Waals surface area contributed by atoms with Crippen molar-refractivity contribution in [3.05, 3.63) is 161 Å². The van der Waals surface area contributed by atoms with Gasteiger partial charge in [-0.05, 0) is 98.9 Å². The molecule has 24 nitrogen and oxygen atoms in total. The molecule has 1 heterocycles. The van der Waals surface area contributed by atoms with Crippen LogP contribution in [-0.4, -0.2) is 143 Å². The SMILES string of the molecule is CC1=C2[C@@H](C)C(=O)[C@@]3(C)[C@H]([C@H](OC(=O)c4ccccc4)[C@](O)(C[C@@H]1OC(=O)[C@H](OC(=O)CCC(=O)NCCCCC(NC(=O)CC[C@H](CC(=O)C(C)NC(=O)COc1cccc4ccccc14)C(N)=O)C(N)=O)[C@@H](NC(=O)c1ccccc1)c1ccccc1)C2(C)C)[C@]1(C)CO[C@@H]1C[C@@H]3O. The lowest BCUT2D eigenvalue weighted by Crippen LogP contribution is -2.77. The van der Waals surface area contributed by atoms with Gasteiger partial charge in [0.25, 0.3) is 11.8 Å². The van der Waals surface area contributed by atoms with E-state index in [4.69, 9.17) is 35.2 Å². The lowest BCUT2D eigenvalue weighted by atomic mass is 9.41. The lowest BCUT2D eigenvalue weighted by Gasteiger charge is -2.68. The molecule has 2 bridgehead atoms. The highest BCUT2D eigenvalue weighted by Gasteiger charge is 2.75. The molecule has 3 aliphatic carbocycles. The number of benzene rings is 5. The number of carbonyl (C=O) groups is 11. The van der Waals surface area contributed by atoms with E-state index >= 15 is 9.59 Å². The number of aliphatic hydroxyl groups excluding tert-OH is 1. The zero-order valence-electron chi connectivity index (χ0n) is 57.3. The van der Waals surface area contributed by atoms with Crippen molar-refractivity contribution in [3.8, 4) is 5.75 Å². The van der Waals surface area contributed by atoms with Crippen LogP contribution in [0.25, 0.3) is 10.8 Å². The van der Waals surface area contributed by atoms with Crippen molar-refractivity contribution < 1.29 is 86.6 Å². The summed E-state index contributed by atoms with van der Waals surface area (Å²) in [6, 6.07) is 33.7. The van der Waals surface area contributed by atoms with Crippen LogP contribution in [0.2, 0.25) is 0 Å². The van der Waals surface area contributed by atoms with Crippen LogP contribution in [0.1, 0.15) is 145 Å². The minimum atomic E-state index is -2.16. The van der Waals surface area contributed by atoms with Crippen LogP contribution >= 0.6 is 0 Å². The van der Waals surface area contributed by atoms with Crippen LogP contribution in [0, 0.1) is 34.0 Å². The average molecular weight is 1380 g/mol. The van der Waals surface area contributed by atoms with Gasteiger partial charge < -0.3 is 66.6 Å². The van der Waals surface area contributed by atoms with E-state index in [2.05, 4.69) is 21.3 Å². The third-order valence-electron chi connectivity index (χ3n) is 20.9. The van der Waals surface area contributed by atoms with Gasteiger partial charge in [0.05, 0.1) is 42.3 Å². The molecule has 100 heavy (non-hydrogen) atoms. The van der Waals surface area contributed by atoms with Crippen LogP contribution in [0.4, 0.5) is 0 Å². The fraction of sp³-hybridized carbons (Fsp3) is 0.461. The first-order valence-electron chi connectivity index (χ1n) is 33.9. The number of unbranched alkanes of at least 4 members (excludes halogenated alkanes) is 1. The highest BCUT2D eigenvalue weighted by molar-refractivity contribution is 5.96. The maximum Gasteiger partial charge on any atom is 0.350 e. The molecule has 24 heteroatoms. The van der Waals surface area contributed by atoms with Crippen molar-refractivity contribution in [1.82, 2.24) is 21.3 Å².